The highest BCUT2D eigenvalue weighted by atomic mass is 79.9. The number of hydroxylamine groups is 1. The standard InChI is InChI=1S/C20H22BrFN2O2S/c21-18-10-15(6-7-19(18)22)23-20(24-25)17-12-26-11-14(17)9-16(27)8-13-4-2-1-3-5-13/h6-7,10-13,25H,1-5,8-9H2,(H,23,24). The average molecular weight is 453 g/mol. The lowest BCUT2D eigenvalue weighted by molar-refractivity contribution is 0.235. The van der Waals surface area contributed by atoms with Gasteiger partial charge in [0.25, 0.3) is 0 Å². The number of amidine groups is 1. The van der Waals surface area contributed by atoms with Crippen molar-refractivity contribution in [2.75, 3.05) is 0 Å². The first-order valence-electron chi connectivity index (χ1n) is 9.08. The summed E-state index contributed by atoms with van der Waals surface area (Å²) in [4.78, 5) is 5.35. The van der Waals surface area contributed by atoms with Gasteiger partial charge < -0.3 is 4.42 Å². The number of furan rings is 1. The van der Waals surface area contributed by atoms with Crippen molar-refractivity contribution in [1.82, 2.24) is 5.48 Å². The van der Waals surface area contributed by atoms with Crippen LogP contribution in [0.15, 0.2) is 44.6 Å². The van der Waals surface area contributed by atoms with Crippen LogP contribution in [-0.4, -0.2) is 15.9 Å². The number of benzene rings is 1. The zero-order valence-corrected chi connectivity index (χ0v) is 17.3. The van der Waals surface area contributed by atoms with Crippen molar-refractivity contribution in [3.8, 4) is 0 Å². The number of rotatable bonds is 6. The maximum absolute atomic E-state index is 13.4. The van der Waals surface area contributed by atoms with E-state index in [0.29, 0.717) is 28.1 Å². The third-order valence-corrected chi connectivity index (χ3v) is 5.79. The largest absolute Gasteiger partial charge is 0.472 e. The molecule has 1 aromatic carbocycles. The molecule has 1 aliphatic rings. The SMILES string of the molecule is ONC(=Nc1ccc(F)c(Br)c1)c1cocc1CC(=S)CC1CCCCC1. The molecule has 3 rings (SSSR count). The number of nitrogens with zero attached hydrogens (tertiary/aromatic N) is 1. The summed E-state index contributed by atoms with van der Waals surface area (Å²) in [5, 5.41) is 9.56. The van der Waals surface area contributed by atoms with Crippen LogP contribution in [0.1, 0.15) is 49.7 Å². The van der Waals surface area contributed by atoms with Gasteiger partial charge in [0.1, 0.15) is 12.1 Å². The van der Waals surface area contributed by atoms with Gasteiger partial charge in [-0.1, -0.05) is 44.3 Å². The fourth-order valence-corrected chi connectivity index (χ4v) is 4.25. The van der Waals surface area contributed by atoms with Crippen molar-refractivity contribution < 1.29 is 14.0 Å². The quantitative estimate of drug-likeness (QED) is 0.239. The minimum absolute atomic E-state index is 0.234. The predicted molar refractivity (Wildman–Crippen MR) is 111 cm³/mol. The van der Waals surface area contributed by atoms with Gasteiger partial charge >= 0.3 is 0 Å². The van der Waals surface area contributed by atoms with Crippen molar-refractivity contribution in [1.29, 1.82) is 0 Å². The molecule has 144 valence electrons. The molecule has 0 spiro atoms. The highest BCUT2D eigenvalue weighted by Crippen LogP contribution is 2.28. The highest BCUT2D eigenvalue weighted by Gasteiger charge is 2.18. The lowest BCUT2D eigenvalue weighted by Crippen LogP contribution is -2.21. The van der Waals surface area contributed by atoms with Crippen LogP contribution >= 0.6 is 28.1 Å². The first-order chi connectivity index (χ1) is 13.1. The summed E-state index contributed by atoms with van der Waals surface area (Å²) in [5.41, 5.74) is 4.13. The predicted octanol–water partition coefficient (Wildman–Crippen LogP) is 6.12. The van der Waals surface area contributed by atoms with E-state index in [2.05, 4.69) is 26.4 Å². The van der Waals surface area contributed by atoms with E-state index in [1.165, 1.54) is 50.5 Å². The van der Waals surface area contributed by atoms with Gasteiger partial charge in [0.15, 0.2) is 5.84 Å². The summed E-state index contributed by atoms with van der Waals surface area (Å²) < 4.78 is 19.0. The van der Waals surface area contributed by atoms with Gasteiger partial charge in [-0.05, 0) is 51.3 Å². The van der Waals surface area contributed by atoms with Gasteiger partial charge in [-0.3, -0.25) is 10.7 Å². The molecule has 2 N–H and O–H groups in total. The summed E-state index contributed by atoms with van der Waals surface area (Å²) in [6.07, 6.45) is 11.1. The Hall–Kier alpha value is -1.57. The Morgan fingerprint density at radius 2 is 2.07 bits per heavy atom. The summed E-state index contributed by atoms with van der Waals surface area (Å²) in [6, 6.07) is 4.39. The minimum Gasteiger partial charge on any atom is -0.472 e. The number of nitrogens with one attached hydrogen (secondary N) is 1. The van der Waals surface area contributed by atoms with E-state index in [4.69, 9.17) is 16.6 Å². The molecule has 1 aliphatic carbocycles. The molecular weight excluding hydrogens is 431 g/mol. The van der Waals surface area contributed by atoms with Crippen LogP contribution in [0.3, 0.4) is 0 Å². The van der Waals surface area contributed by atoms with Crippen LogP contribution in [0.5, 0.6) is 0 Å². The van der Waals surface area contributed by atoms with Crippen LogP contribution in [-0.2, 0) is 6.42 Å². The average Bonchev–Trinajstić information content (AvgIpc) is 3.11. The Kier molecular flexibility index (Phi) is 7.15. The molecule has 1 saturated carbocycles. The number of hydrogen-bond acceptors (Lipinski definition) is 4. The zero-order chi connectivity index (χ0) is 19.2. The van der Waals surface area contributed by atoms with Crippen molar-refractivity contribution in [3.63, 3.8) is 0 Å². The molecule has 0 amide bonds. The van der Waals surface area contributed by atoms with Gasteiger partial charge in [-0.25, -0.2) is 9.38 Å². The Bertz CT molecular complexity index is 831. The van der Waals surface area contributed by atoms with E-state index in [1.807, 2.05) is 0 Å². The van der Waals surface area contributed by atoms with Crippen LogP contribution in [0.4, 0.5) is 10.1 Å². The molecule has 0 radical (unpaired) electrons. The van der Waals surface area contributed by atoms with E-state index in [-0.39, 0.29) is 11.7 Å². The Labute approximate surface area is 172 Å². The van der Waals surface area contributed by atoms with E-state index in [9.17, 15) is 9.60 Å². The second-order valence-corrected chi connectivity index (χ2v) is 8.34. The second-order valence-electron chi connectivity index (χ2n) is 6.90. The maximum Gasteiger partial charge on any atom is 0.160 e. The highest BCUT2D eigenvalue weighted by molar-refractivity contribution is 9.10. The molecule has 0 bridgehead atoms. The lowest BCUT2D eigenvalue weighted by atomic mass is 9.85. The maximum atomic E-state index is 13.4. The summed E-state index contributed by atoms with van der Waals surface area (Å²) in [6.45, 7) is 0. The fourth-order valence-electron chi connectivity index (χ4n) is 3.50. The molecule has 0 aliphatic heterocycles. The van der Waals surface area contributed by atoms with Gasteiger partial charge in [-0.15, -0.1) is 0 Å². The van der Waals surface area contributed by atoms with Crippen LogP contribution in [0.25, 0.3) is 0 Å². The van der Waals surface area contributed by atoms with Gasteiger partial charge in [0, 0.05) is 12.0 Å². The van der Waals surface area contributed by atoms with Gasteiger partial charge in [-0.2, -0.15) is 0 Å². The second kappa shape index (κ2) is 9.57. The summed E-state index contributed by atoms with van der Waals surface area (Å²) in [5.74, 6) is 0.546. The minimum atomic E-state index is -0.371. The molecule has 0 unspecified atom stereocenters. The number of thiocarbonyl (C=S) groups is 1. The Morgan fingerprint density at radius 3 is 2.78 bits per heavy atom. The lowest BCUT2D eigenvalue weighted by Gasteiger charge is -2.21. The molecule has 7 heteroatoms. The molecular formula is C20H22BrFN2O2S. The molecule has 1 fully saturated rings. The van der Waals surface area contributed by atoms with Gasteiger partial charge in [0.05, 0.1) is 22.0 Å². The van der Waals surface area contributed by atoms with Crippen LogP contribution in [0, 0.1) is 11.7 Å². The Balaban J connectivity index is 1.74. The molecule has 4 nitrogen and oxygen atoms in total. The third kappa shape index (κ3) is 5.46. The molecule has 0 saturated heterocycles. The topological polar surface area (TPSA) is 57.8 Å². The zero-order valence-electron chi connectivity index (χ0n) is 14.9. The van der Waals surface area contributed by atoms with Crippen LogP contribution in [0.2, 0.25) is 0 Å². The molecule has 1 aromatic heterocycles. The van der Waals surface area contributed by atoms with E-state index < -0.39 is 0 Å². The first-order valence-corrected chi connectivity index (χ1v) is 10.3. The van der Waals surface area contributed by atoms with E-state index >= 15 is 0 Å². The van der Waals surface area contributed by atoms with Crippen LogP contribution < -0.4 is 5.48 Å². The van der Waals surface area contributed by atoms with E-state index in [0.717, 1.165) is 16.8 Å². The summed E-state index contributed by atoms with van der Waals surface area (Å²) in [7, 11) is 0. The molecule has 2 aromatic rings. The smallest absolute Gasteiger partial charge is 0.160 e. The van der Waals surface area contributed by atoms with Crippen molar-refractivity contribution >= 4 is 44.5 Å². The third-order valence-electron chi connectivity index (χ3n) is 4.88. The van der Waals surface area contributed by atoms with Gasteiger partial charge in [0.2, 0.25) is 0 Å². The molecule has 27 heavy (non-hydrogen) atoms. The van der Waals surface area contributed by atoms with Crippen molar-refractivity contribution in [2.24, 2.45) is 10.9 Å². The van der Waals surface area contributed by atoms with Crippen molar-refractivity contribution in [3.05, 3.63) is 52.1 Å². The normalized spacial score (nSPS) is 15.7. The number of aliphatic imine (C=N–C) groups is 1. The first kappa shape index (κ1) is 20.2. The number of halogens is 2. The van der Waals surface area contributed by atoms with E-state index in [1.54, 1.807) is 12.3 Å². The fraction of sp³-hybridized carbons (Fsp3) is 0.400. The molecule has 0 atom stereocenters. The summed E-state index contributed by atoms with van der Waals surface area (Å²) >= 11 is 8.75. The monoisotopic (exact) mass is 452 g/mol. The molecule has 1 heterocycles. The van der Waals surface area contributed by atoms with Crippen molar-refractivity contribution in [2.45, 2.75) is 44.9 Å². The Morgan fingerprint density at radius 1 is 1.30 bits per heavy atom. The number of hydrogen-bond donors (Lipinski definition) is 2.